The standard InChI is InChI=1S/C10H6O5/c11-4-5-2-1-3-6-7(5)10(14)15-8(6)9(12)13/h1-4,8H,(H,12,13). The van der Waals surface area contributed by atoms with Crippen molar-refractivity contribution >= 4 is 18.2 Å². The van der Waals surface area contributed by atoms with Crippen LogP contribution in [0.4, 0.5) is 0 Å². The van der Waals surface area contributed by atoms with Crippen LogP contribution in [-0.4, -0.2) is 23.3 Å². The summed E-state index contributed by atoms with van der Waals surface area (Å²) in [7, 11) is 0. The molecule has 2 rings (SSSR count). The number of hydrogen-bond donors (Lipinski definition) is 1. The number of fused-ring (bicyclic) bond motifs is 1. The number of benzene rings is 1. The molecule has 1 heterocycles. The molecule has 0 aromatic heterocycles. The summed E-state index contributed by atoms with van der Waals surface area (Å²) in [5, 5.41) is 8.78. The molecule has 15 heavy (non-hydrogen) atoms. The Kier molecular flexibility index (Phi) is 2.00. The Morgan fingerprint density at radius 3 is 2.80 bits per heavy atom. The zero-order valence-electron chi connectivity index (χ0n) is 7.47. The molecule has 1 aromatic carbocycles. The van der Waals surface area contributed by atoms with Crippen LogP contribution >= 0.6 is 0 Å². The SMILES string of the molecule is O=Cc1cccc2c1C(=O)OC2C(=O)O. The first kappa shape index (κ1) is 9.39. The van der Waals surface area contributed by atoms with Gasteiger partial charge in [0.1, 0.15) is 0 Å². The van der Waals surface area contributed by atoms with Crippen LogP contribution in [0.25, 0.3) is 0 Å². The summed E-state index contributed by atoms with van der Waals surface area (Å²) in [5.74, 6) is -2.01. The summed E-state index contributed by atoms with van der Waals surface area (Å²) in [6.07, 6.45) is -0.794. The second kappa shape index (κ2) is 3.20. The Balaban J connectivity index is 2.63. The van der Waals surface area contributed by atoms with E-state index in [1.54, 1.807) is 0 Å². The minimum Gasteiger partial charge on any atom is -0.478 e. The number of aldehydes is 1. The van der Waals surface area contributed by atoms with E-state index in [0.717, 1.165) is 0 Å². The number of hydrogen-bond acceptors (Lipinski definition) is 4. The number of carbonyl (C=O) groups is 3. The number of ether oxygens (including phenoxy) is 1. The highest BCUT2D eigenvalue weighted by Gasteiger charge is 2.37. The fraction of sp³-hybridized carbons (Fsp3) is 0.100. The molecule has 0 spiro atoms. The van der Waals surface area contributed by atoms with Gasteiger partial charge < -0.3 is 9.84 Å². The summed E-state index contributed by atoms with van der Waals surface area (Å²) in [4.78, 5) is 32.7. The van der Waals surface area contributed by atoms with Crippen molar-refractivity contribution < 1.29 is 24.2 Å². The van der Waals surface area contributed by atoms with Crippen molar-refractivity contribution in [1.82, 2.24) is 0 Å². The van der Waals surface area contributed by atoms with Gasteiger partial charge in [0.05, 0.1) is 5.56 Å². The van der Waals surface area contributed by atoms with Gasteiger partial charge in [-0.2, -0.15) is 0 Å². The molecule has 1 aromatic rings. The van der Waals surface area contributed by atoms with E-state index in [0.29, 0.717) is 6.29 Å². The maximum Gasteiger partial charge on any atom is 0.349 e. The zero-order chi connectivity index (χ0) is 11.0. The topological polar surface area (TPSA) is 80.7 Å². The molecular formula is C10H6O5. The van der Waals surface area contributed by atoms with E-state index in [4.69, 9.17) is 5.11 Å². The fourth-order valence-electron chi connectivity index (χ4n) is 1.55. The Hall–Kier alpha value is -2.17. The number of carboxylic acid groups (broad SMARTS) is 1. The number of rotatable bonds is 2. The van der Waals surface area contributed by atoms with Crippen molar-refractivity contribution in [1.29, 1.82) is 0 Å². The summed E-state index contributed by atoms with van der Waals surface area (Å²) >= 11 is 0. The third-order valence-corrected chi connectivity index (χ3v) is 2.19. The normalized spacial score (nSPS) is 18.1. The second-order valence-corrected chi connectivity index (χ2v) is 3.05. The molecule has 5 nitrogen and oxygen atoms in total. The maximum absolute atomic E-state index is 11.3. The Labute approximate surface area is 84.3 Å². The van der Waals surface area contributed by atoms with Gasteiger partial charge in [0, 0.05) is 11.1 Å². The van der Waals surface area contributed by atoms with Crippen LogP contribution in [0.3, 0.4) is 0 Å². The lowest BCUT2D eigenvalue weighted by Gasteiger charge is -2.03. The van der Waals surface area contributed by atoms with Gasteiger partial charge in [-0.3, -0.25) is 4.79 Å². The van der Waals surface area contributed by atoms with Crippen LogP contribution in [0.1, 0.15) is 32.4 Å². The highest BCUT2D eigenvalue weighted by molar-refractivity contribution is 6.04. The largest absolute Gasteiger partial charge is 0.478 e. The molecule has 1 aliphatic heterocycles. The predicted molar refractivity (Wildman–Crippen MR) is 47.6 cm³/mol. The number of cyclic esters (lactones) is 1. The molecule has 1 unspecified atom stereocenters. The van der Waals surface area contributed by atoms with Crippen molar-refractivity contribution in [2.24, 2.45) is 0 Å². The lowest BCUT2D eigenvalue weighted by atomic mass is 10.0. The van der Waals surface area contributed by atoms with Crippen molar-refractivity contribution in [2.75, 3.05) is 0 Å². The third kappa shape index (κ3) is 1.28. The van der Waals surface area contributed by atoms with Crippen LogP contribution in [0, 0.1) is 0 Å². The number of carbonyl (C=O) groups excluding carboxylic acids is 2. The minimum atomic E-state index is -1.30. The molecule has 0 saturated carbocycles. The minimum absolute atomic E-state index is 0.0555. The molecule has 1 N–H and O–H groups in total. The van der Waals surface area contributed by atoms with E-state index < -0.39 is 18.0 Å². The first-order valence-corrected chi connectivity index (χ1v) is 4.17. The van der Waals surface area contributed by atoms with Gasteiger partial charge in [-0.25, -0.2) is 9.59 Å². The van der Waals surface area contributed by atoms with E-state index in [9.17, 15) is 14.4 Å². The van der Waals surface area contributed by atoms with Crippen LogP contribution in [0.5, 0.6) is 0 Å². The van der Waals surface area contributed by atoms with Crippen LogP contribution < -0.4 is 0 Å². The summed E-state index contributed by atoms with van der Waals surface area (Å²) in [6, 6.07) is 4.42. The van der Waals surface area contributed by atoms with Gasteiger partial charge in [-0.15, -0.1) is 0 Å². The second-order valence-electron chi connectivity index (χ2n) is 3.05. The Morgan fingerprint density at radius 1 is 1.47 bits per heavy atom. The van der Waals surface area contributed by atoms with Gasteiger partial charge in [-0.1, -0.05) is 18.2 Å². The monoisotopic (exact) mass is 206 g/mol. The smallest absolute Gasteiger partial charge is 0.349 e. The molecule has 76 valence electrons. The lowest BCUT2D eigenvalue weighted by Crippen LogP contribution is -2.10. The first-order valence-electron chi connectivity index (χ1n) is 4.17. The average molecular weight is 206 g/mol. The van der Waals surface area contributed by atoms with E-state index >= 15 is 0 Å². The molecule has 1 atom stereocenters. The molecule has 0 radical (unpaired) electrons. The third-order valence-electron chi connectivity index (χ3n) is 2.19. The summed E-state index contributed by atoms with van der Waals surface area (Å²) in [6.45, 7) is 0. The average Bonchev–Trinajstić information content (AvgIpc) is 2.56. The molecule has 5 heteroatoms. The number of carboxylic acids is 1. The van der Waals surface area contributed by atoms with Gasteiger partial charge in [0.15, 0.2) is 6.29 Å². The molecule has 0 fully saturated rings. The summed E-state index contributed by atoms with van der Waals surface area (Å²) < 4.78 is 4.64. The highest BCUT2D eigenvalue weighted by atomic mass is 16.6. The predicted octanol–water partition coefficient (Wildman–Crippen LogP) is 0.795. The van der Waals surface area contributed by atoms with Crippen LogP contribution in [0.2, 0.25) is 0 Å². The Bertz CT molecular complexity index is 463. The van der Waals surface area contributed by atoms with Crippen LogP contribution in [0.15, 0.2) is 18.2 Å². The molecule has 0 saturated heterocycles. The van der Waals surface area contributed by atoms with Crippen molar-refractivity contribution in [2.45, 2.75) is 6.10 Å². The van der Waals surface area contributed by atoms with E-state index in [1.165, 1.54) is 18.2 Å². The highest BCUT2D eigenvalue weighted by Crippen LogP contribution is 2.32. The fourth-order valence-corrected chi connectivity index (χ4v) is 1.55. The molecule has 0 bridgehead atoms. The maximum atomic E-state index is 11.3. The van der Waals surface area contributed by atoms with Crippen molar-refractivity contribution in [3.8, 4) is 0 Å². The van der Waals surface area contributed by atoms with E-state index in [-0.39, 0.29) is 16.7 Å². The van der Waals surface area contributed by atoms with Crippen LogP contribution in [-0.2, 0) is 9.53 Å². The van der Waals surface area contributed by atoms with Crippen molar-refractivity contribution in [3.05, 3.63) is 34.9 Å². The molecule has 0 amide bonds. The van der Waals surface area contributed by atoms with E-state index in [2.05, 4.69) is 4.74 Å². The van der Waals surface area contributed by atoms with E-state index in [1.807, 2.05) is 0 Å². The first-order chi connectivity index (χ1) is 7.15. The molecule has 0 aliphatic carbocycles. The van der Waals surface area contributed by atoms with Crippen molar-refractivity contribution in [3.63, 3.8) is 0 Å². The molecular weight excluding hydrogens is 200 g/mol. The quantitative estimate of drug-likeness (QED) is 0.571. The summed E-state index contributed by atoms with van der Waals surface area (Å²) in [5.41, 5.74) is 0.443. The van der Waals surface area contributed by atoms with Gasteiger partial charge in [0.2, 0.25) is 6.10 Å². The Morgan fingerprint density at radius 2 is 2.20 bits per heavy atom. The zero-order valence-corrected chi connectivity index (χ0v) is 7.47. The molecule has 1 aliphatic rings. The number of esters is 1. The lowest BCUT2D eigenvalue weighted by molar-refractivity contribution is -0.146. The van der Waals surface area contributed by atoms with Gasteiger partial charge >= 0.3 is 11.9 Å². The van der Waals surface area contributed by atoms with Gasteiger partial charge in [0.25, 0.3) is 0 Å². The van der Waals surface area contributed by atoms with Gasteiger partial charge in [-0.05, 0) is 0 Å². The number of aliphatic carboxylic acids is 1.